The number of hydrogen-bond donors (Lipinski definition) is 1. The summed E-state index contributed by atoms with van der Waals surface area (Å²) < 4.78 is 0. The summed E-state index contributed by atoms with van der Waals surface area (Å²) in [6, 6.07) is 0. The van der Waals surface area contributed by atoms with Crippen LogP contribution in [0.5, 0.6) is 0 Å². The van der Waals surface area contributed by atoms with Gasteiger partial charge in [-0.15, -0.1) is 0 Å². The first-order chi connectivity index (χ1) is 7.23. The Morgan fingerprint density at radius 3 is 2.07 bits per heavy atom. The van der Waals surface area contributed by atoms with E-state index in [2.05, 4.69) is 0 Å². The molecule has 0 spiro atoms. The molecule has 15 heavy (non-hydrogen) atoms. The number of carboxylic acid groups (broad SMARTS) is 1. The molecule has 0 bridgehead atoms. The normalized spacial score (nSPS) is 26.7. The molecule has 2 aliphatic rings. The van der Waals surface area contributed by atoms with Crippen molar-refractivity contribution in [2.24, 2.45) is 11.3 Å². The maximum atomic E-state index is 10.9. The van der Waals surface area contributed by atoms with E-state index in [1.54, 1.807) is 0 Å². The van der Waals surface area contributed by atoms with Crippen LogP contribution in [0.3, 0.4) is 0 Å². The van der Waals surface area contributed by atoms with Gasteiger partial charge in [-0.05, 0) is 37.0 Å². The van der Waals surface area contributed by atoms with Crippen molar-refractivity contribution in [3.05, 3.63) is 0 Å². The minimum Gasteiger partial charge on any atom is -0.481 e. The van der Waals surface area contributed by atoms with E-state index in [0.717, 1.165) is 0 Å². The van der Waals surface area contributed by atoms with Crippen molar-refractivity contribution in [3.63, 3.8) is 0 Å². The number of carbonyl (C=O) groups is 1. The van der Waals surface area contributed by atoms with Crippen molar-refractivity contribution in [1.82, 2.24) is 0 Å². The van der Waals surface area contributed by atoms with Crippen molar-refractivity contribution in [2.75, 3.05) is 0 Å². The molecule has 0 aromatic heterocycles. The predicted octanol–water partition coefficient (Wildman–Crippen LogP) is 3.60. The molecule has 2 fully saturated rings. The Kier molecular flexibility index (Phi) is 3.32. The lowest BCUT2D eigenvalue weighted by Crippen LogP contribution is -2.39. The van der Waals surface area contributed by atoms with Gasteiger partial charge in [0.1, 0.15) is 0 Å². The van der Waals surface area contributed by atoms with E-state index in [0.29, 0.717) is 12.3 Å². The van der Waals surface area contributed by atoms with Crippen molar-refractivity contribution in [2.45, 2.75) is 64.2 Å². The number of aliphatic carboxylic acids is 1. The van der Waals surface area contributed by atoms with Gasteiger partial charge >= 0.3 is 5.97 Å². The fraction of sp³-hybridized carbons (Fsp3) is 0.923. The summed E-state index contributed by atoms with van der Waals surface area (Å²) in [7, 11) is 0. The lowest BCUT2D eigenvalue weighted by molar-refractivity contribution is -0.143. The molecule has 2 nitrogen and oxygen atoms in total. The minimum atomic E-state index is -0.584. The fourth-order valence-corrected chi connectivity index (χ4v) is 3.55. The monoisotopic (exact) mass is 210 g/mol. The molecule has 0 aromatic rings. The number of carboxylic acids is 1. The molecule has 1 N–H and O–H groups in total. The van der Waals surface area contributed by atoms with Gasteiger partial charge in [-0.1, -0.05) is 32.1 Å². The highest BCUT2D eigenvalue weighted by atomic mass is 16.4. The molecule has 2 rings (SSSR count). The highest BCUT2D eigenvalue weighted by molar-refractivity contribution is 5.68. The second-order valence-electron chi connectivity index (χ2n) is 5.47. The van der Waals surface area contributed by atoms with Crippen LogP contribution in [-0.4, -0.2) is 11.1 Å². The molecule has 2 heteroatoms. The molecule has 86 valence electrons. The first-order valence-electron chi connectivity index (χ1n) is 6.45. The van der Waals surface area contributed by atoms with Crippen LogP contribution in [0.4, 0.5) is 0 Å². The molecule has 0 radical (unpaired) electrons. The zero-order chi connectivity index (χ0) is 10.7. The Morgan fingerprint density at radius 1 is 1.07 bits per heavy atom. The van der Waals surface area contributed by atoms with Gasteiger partial charge in [-0.2, -0.15) is 0 Å². The van der Waals surface area contributed by atoms with Gasteiger partial charge in [0.25, 0.3) is 0 Å². The van der Waals surface area contributed by atoms with E-state index in [1.807, 2.05) is 0 Å². The van der Waals surface area contributed by atoms with E-state index in [-0.39, 0.29) is 5.41 Å². The van der Waals surface area contributed by atoms with Crippen LogP contribution in [0.2, 0.25) is 0 Å². The van der Waals surface area contributed by atoms with Gasteiger partial charge in [0.15, 0.2) is 0 Å². The lowest BCUT2D eigenvalue weighted by atomic mass is 9.57. The first-order valence-corrected chi connectivity index (χ1v) is 6.45. The molecular formula is C13H22O2. The quantitative estimate of drug-likeness (QED) is 0.723. The van der Waals surface area contributed by atoms with Crippen LogP contribution in [0.1, 0.15) is 64.2 Å². The van der Waals surface area contributed by atoms with E-state index < -0.39 is 5.97 Å². The average molecular weight is 210 g/mol. The van der Waals surface area contributed by atoms with Gasteiger partial charge in [0.05, 0.1) is 6.42 Å². The van der Waals surface area contributed by atoms with Gasteiger partial charge in [-0.25, -0.2) is 0 Å². The maximum Gasteiger partial charge on any atom is 0.303 e. The Bertz CT molecular complexity index is 223. The molecule has 0 heterocycles. The third-order valence-electron chi connectivity index (χ3n) is 4.57. The molecule has 2 aliphatic carbocycles. The summed E-state index contributed by atoms with van der Waals surface area (Å²) in [5, 5.41) is 9.02. The van der Waals surface area contributed by atoms with E-state index in [9.17, 15) is 4.79 Å². The van der Waals surface area contributed by atoms with Crippen LogP contribution in [0.15, 0.2) is 0 Å². The largest absolute Gasteiger partial charge is 0.481 e. The average Bonchev–Trinajstić information content (AvgIpc) is 2.39. The van der Waals surface area contributed by atoms with Crippen LogP contribution < -0.4 is 0 Å². The lowest BCUT2D eigenvalue weighted by Gasteiger charge is -2.47. The summed E-state index contributed by atoms with van der Waals surface area (Å²) in [6.45, 7) is 0. The van der Waals surface area contributed by atoms with Crippen LogP contribution in [0.25, 0.3) is 0 Å². The second-order valence-corrected chi connectivity index (χ2v) is 5.47. The highest BCUT2D eigenvalue weighted by Crippen LogP contribution is 2.53. The minimum absolute atomic E-state index is 0.205. The summed E-state index contributed by atoms with van der Waals surface area (Å²) >= 11 is 0. The van der Waals surface area contributed by atoms with Crippen LogP contribution in [-0.2, 0) is 4.79 Å². The van der Waals surface area contributed by atoms with E-state index in [4.69, 9.17) is 5.11 Å². The summed E-state index contributed by atoms with van der Waals surface area (Å²) in [4.78, 5) is 10.9. The van der Waals surface area contributed by atoms with Crippen LogP contribution in [0, 0.1) is 11.3 Å². The second kappa shape index (κ2) is 4.54. The summed E-state index contributed by atoms with van der Waals surface area (Å²) in [6.07, 6.45) is 12.0. The van der Waals surface area contributed by atoms with Crippen LogP contribution >= 0.6 is 0 Å². The fourth-order valence-electron chi connectivity index (χ4n) is 3.55. The molecule has 0 saturated heterocycles. The molecule has 0 aliphatic heterocycles. The molecular weight excluding hydrogens is 188 g/mol. The SMILES string of the molecule is O=C(O)CC1(C2CCCCCC2)CCC1. The zero-order valence-electron chi connectivity index (χ0n) is 9.50. The predicted molar refractivity (Wildman–Crippen MR) is 59.7 cm³/mol. The standard InChI is InChI=1S/C13H22O2/c14-12(15)10-13(8-5-9-13)11-6-3-1-2-4-7-11/h11H,1-10H2,(H,14,15). The summed E-state index contributed by atoms with van der Waals surface area (Å²) in [5.74, 6) is 0.129. The third kappa shape index (κ3) is 2.35. The molecule has 0 atom stereocenters. The van der Waals surface area contributed by atoms with Gasteiger partial charge < -0.3 is 5.11 Å². The van der Waals surface area contributed by atoms with Gasteiger partial charge in [0, 0.05) is 0 Å². The Balaban J connectivity index is 2.00. The Morgan fingerprint density at radius 2 is 1.67 bits per heavy atom. The molecule has 0 amide bonds. The molecule has 0 unspecified atom stereocenters. The Labute approximate surface area is 92.1 Å². The number of hydrogen-bond acceptors (Lipinski definition) is 1. The Hall–Kier alpha value is -0.530. The zero-order valence-corrected chi connectivity index (χ0v) is 9.50. The molecule has 0 aromatic carbocycles. The van der Waals surface area contributed by atoms with E-state index in [1.165, 1.54) is 57.8 Å². The molecule has 2 saturated carbocycles. The van der Waals surface area contributed by atoms with Crippen molar-refractivity contribution < 1.29 is 9.90 Å². The first kappa shape index (κ1) is 11.0. The van der Waals surface area contributed by atoms with Crippen molar-refractivity contribution >= 4 is 5.97 Å². The number of rotatable bonds is 3. The van der Waals surface area contributed by atoms with Crippen molar-refractivity contribution in [1.29, 1.82) is 0 Å². The maximum absolute atomic E-state index is 10.9. The van der Waals surface area contributed by atoms with Crippen molar-refractivity contribution in [3.8, 4) is 0 Å². The third-order valence-corrected chi connectivity index (χ3v) is 4.57. The highest BCUT2D eigenvalue weighted by Gasteiger charge is 2.44. The van der Waals surface area contributed by atoms with E-state index >= 15 is 0 Å². The topological polar surface area (TPSA) is 37.3 Å². The smallest absolute Gasteiger partial charge is 0.303 e. The summed E-state index contributed by atoms with van der Waals surface area (Å²) in [5.41, 5.74) is 0.205. The van der Waals surface area contributed by atoms with Gasteiger partial charge in [0.2, 0.25) is 0 Å². The van der Waals surface area contributed by atoms with Gasteiger partial charge in [-0.3, -0.25) is 4.79 Å².